The van der Waals surface area contributed by atoms with E-state index in [-0.39, 0.29) is 5.91 Å². The van der Waals surface area contributed by atoms with Crippen molar-refractivity contribution in [2.75, 3.05) is 25.6 Å². The summed E-state index contributed by atoms with van der Waals surface area (Å²) in [6, 6.07) is 15.6. The molecule has 2 aromatic rings. The fourth-order valence-electron chi connectivity index (χ4n) is 3.23. The number of rotatable bonds is 4. The van der Waals surface area contributed by atoms with Crippen LogP contribution < -0.4 is 10.1 Å². The molecule has 4 nitrogen and oxygen atoms in total. The normalized spacial score (nSPS) is 16.4. The average molecular weight is 325 g/mol. The topological polar surface area (TPSA) is 47.6 Å². The number of aryl methyl sites for hydroxylation is 1. The van der Waals surface area contributed by atoms with Crippen LogP contribution in [0.3, 0.4) is 0 Å². The van der Waals surface area contributed by atoms with Crippen LogP contribution >= 0.6 is 0 Å². The summed E-state index contributed by atoms with van der Waals surface area (Å²) in [6.07, 6.45) is 1.39. The zero-order chi connectivity index (χ0) is 17.0. The Morgan fingerprint density at radius 2 is 1.83 bits per heavy atom. The molecule has 0 aromatic heterocycles. The molecular weight excluding hydrogens is 302 g/mol. The van der Waals surface area contributed by atoms with Crippen LogP contribution in [0.25, 0.3) is 0 Å². The lowest BCUT2D eigenvalue weighted by atomic mass is 9.73. The smallest absolute Gasteiger partial charge is 0.235 e. The third kappa shape index (κ3) is 3.29. The summed E-state index contributed by atoms with van der Waals surface area (Å²) >= 11 is 0. The van der Waals surface area contributed by atoms with Gasteiger partial charge < -0.3 is 14.8 Å². The molecule has 0 radical (unpaired) electrons. The number of hydrogen-bond donors (Lipinski definition) is 1. The number of methoxy groups -OCH3 is 1. The van der Waals surface area contributed by atoms with Gasteiger partial charge >= 0.3 is 0 Å². The Balaban J connectivity index is 1.88. The summed E-state index contributed by atoms with van der Waals surface area (Å²) in [7, 11) is 1.63. The highest BCUT2D eigenvalue weighted by molar-refractivity contribution is 5.99. The molecule has 126 valence electrons. The lowest BCUT2D eigenvalue weighted by Gasteiger charge is -2.36. The van der Waals surface area contributed by atoms with E-state index in [0.717, 1.165) is 22.6 Å². The number of nitrogens with one attached hydrogen (secondary N) is 1. The highest BCUT2D eigenvalue weighted by Crippen LogP contribution is 2.36. The zero-order valence-electron chi connectivity index (χ0n) is 14.2. The molecule has 0 spiro atoms. The molecule has 0 aliphatic carbocycles. The lowest BCUT2D eigenvalue weighted by Crippen LogP contribution is -2.44. The molecule has 1 heterocycles. The van der Waals surface area contributed by atoms with Crippen LogP contribution in [0.2, 0.25) is 0 Å². The number of benzene rings is 2. The van der Waals surface area contributed by atoms with Crippen LogP contribution in [0.1, 0.15) is 24.0 Å². The second kappa shape index (κ2) is 7.05. The number of carbonyl (C=O) groups excluding carboxylic acids is 1. The van der Waals surface area contributed by atoms with Crippen LogP contribution in [0, 0.1) is 6.92 Å². The van der Waals surface area contributed by atoms with E-state index in [1.165, 1.54) is 0 Å². The van der Waals surface area contributed by atoms with E-state index in [1.54, 1.807) is 7.11 Å². The maximum atomic E-state index is 13.2. The standard InChI is InChI=1S/C20H23NO3/c1-15-4-3-5-16(14-15)20(10-12-24-13-11-20)19(22)21-17-6-8-18(23-2)9-7-17/h3-9,14H,10-13H2,1-2H3,(H,21,22). The van der Waals surface area contributed by atoms with E-state index < -0.39 is 5.41 Å². The van der Waals surface area contributed by atoms with E-state index in [4.69, 9.17) is 9.47 Å². The van der Waals surface area contributed by atoms with E-state index in [1.807, 2.05) is 36.4 Å². The van der Waals surface area contributed by atoms with Crippen molar-refractivity contribution in [3.05, 3.63) is 59.7 Å². The number of ether oxygens (including phenoxy) is 2. The predicted octanol–water partition coefficient (Wildman–Crippen LogP) is 3.69. The van der Waals surface area contributed by atoms with Gasteiger partial charge in [-0.25, -0.2) is 0 Å². The maximum Gasteiger partial charge on any atom is 0.235 e. The Morgan fingerprint density at radius 1 is 1.12 bits per heavy atom. The Kier molecular flexibility index (Phi) is 4.86. The van der Waals surface area contributed by atoms with Gasteiger partial charge in [0.25, 0.3) is 0 Å². The molecule has 1 saturated heterocycles. The van der Waals surface area contributed by atoms with Crippen molar-refractivity contribution in [3.63, 3.8) is 0 Å². The van der Waals surface area contributed by atoms with Gasteiger partial charge in [-0.2, -0.15) is 0 Å². The summed E-state index contributed by atoms with van der Waals surface area (Å²) in [4.78, 5) is 13.2. The Bertz CT molecular complexity index is 703. The van der Waals surface area contributed by atoms with E-state index in [0.29, 0.717) is 26.1 Å². The predicted molar refractivity (Wildman–Crippen MR) is 94.5 cm³/mol. The third-order valence-corrected chi connectivity index (χ3v) is 4.70. The molecule has 0 saturated carbocycles. The lowest BCUT2D eigenvalue weighted by molar-refractivity contribution is -0.125. The van der Waals surface area contributed by atoms with Crippen molar-refractivity contribution < 1.29 is 14.3 Å². The molecule has 0 bridgehead atoms. The Hall–Kier alpha value is -2.33. The van der Waals surface area contributed by atoms with Crippen molar-refractivity contribution in [2.45, 2.75) is 25.2 Å². The van der Waals surface area contributed by atoms with Crippen LogP contribution in [0.5, 0.6) is 5.75 Å². The quantitative estimate of drug-likeness (QED) is 0.932. The molecule has 2 aromatic carbocycles. The number of carbonyl (C=O) groups is 1. The van der Waals surface area contributed by atoms with Gasteiger partial charge in [-0.15, -0.1) is 0 Å². The highest BCUT2D eigenvalue weighted by atomic mass is 16.5. The molecule has 0 unspecified atom stereocenters. The van der Waals surface area contributed by atoms with Gasteiger partial charge in [-0.3, -0.25) is 4.79 Å². The molecule has 1 N–H and O–H groups in total. The van der Waals surface area contributed by atoms with E-state index in [9.17, 15) is 4.79 Å². The second-order valence-electron chi connectivity index (χ2n) is 6.25. The van der Waals surface area contributed by atoms with Crippen LogP contribution in [0.4, 0.5) is 5.69 Å². The minimum Gasteiger partial charge on any atom is -0.497 e. The summed E-state index contributed by atoms with van der Waals surface area (Å²) in [5, 5.41) is 3.07. The summed E-state index contributed by atoms with van der Waals surface area (Å²) in [5.41, 5.74) is 2.47. The molecular formula is C20H23NO3. The highest BCUT2D eigenvalue weighted by Gasteiger charge is 2.41. The first-order chi connectivity index (χ1) is 11.6. The van der Waals surface area contributed by atoms with Crippen LogP contribution in [-0.2, 0) is 14.9 Å². The van der Waals surface area contributed by atoms with Crippen molar-refractivity contribution in [1.82, 2.24) is 0 Å². The molecule has 0 atom stereocenters. The molecule has 24 heavy (non-hydrogen) atoms. The molecule has 3 rings (SSSR count). The minimum atomic E-state index is -0.538. The van der Waals surface area contributed by atoms with Gasteiger partial charge in [0, 0.05) is 18.9 Å². The minimum absolute atomic E-state index is 0.0292. The third-order valence-electron chi connectivity index (χ3n) is 4.70. The van der Waals surface area contributed by atoms with Crippen molar-refractivity contribution in [1.29, 1.82) is 0 Å². The SMILES string of the molecule is COc1ccc(NC(=O)C2(c3cccc(C)c3)CCOCC2)cc1. The molecule has 1 aliphatic heterocycles. The van der Waals surface area contributed by atoms with Gasteiger partial charge in [0.05, 0.1) is 12.5 Å². The molecule has 1 amide bonds. The summed E-state index contributed by atoms with van der Waals surface area (Å²) < 4.78 is 10.7. The monoisotopic (exact) mass is 325 g/mol. The zero-order valence-corrected chi connectivity index (χ0v) is 14.2. The second-order valence-corrected chi connectivity index (χ2v) is 6.25. The van der Waals surface area contributed by atoms with Gasteiger partial charge in [0.2, 0.25) is 5.91 Å². The number of hydrogen-bond acceptors (Lipinski definition) is 3. The average Bonchev–Trinajstić information content (AvgIpc) is 2.63. The van der Waals surface area contributed by atoms with Crippen LogP contribution in [0.15, 0.2) is 48.5 Å². The first-order valence-corrected chi connectivity index (χ1v) is 8.24. The van der Waals surface area contributed by atoms with E-state index >= 15 is 0 Å². The van der Waals surface area contributed by atoms with E-state index in [2.05, 4.69) is 24.4 Å². The Morgan fingerprint density at radius 3 is 2.46 bits per heavy atom. The Labute approximate surface area is 142 Å². The van der Waals surface area contributed by atoms with Gasteiger partial charge in [-0.1, -0.05) is 29.8 Å². The van der Waals surface area contributed by atoms with Gasteiger partial charge in [0.1, 0.15) is 5.75 Å². The van der Waals surface area contributed by atoms with Crippen molar-refractivity contribution in [2.24, 2.45) is 0 Å². The van der Waals surface area contributed by atoms with Crippen LogP contribution in [-0.4, -0.2) is 26.2 Å². The fourth-order valence-corrected chi connectivity index (χ4v) is 3.23. The molecule has 1 aliphatic rings. The summed E-state index contributed by atoms with van der Waals surface area (Å²) in [6.45, 7) is 3.26. The largest absolute Gasteiger partial charge is 0.497 e. The fraction of sp³-hybridized carbons (Fsp3) is 0.350. The maximum absolute atomic E-state index is 13.2. The summed E-state index contributed by atoms with van der Waals surface area (Å²) in [5.74, 6) is 0.800. The number of amides is 1. The first kappa shape index (κ1) is 16.5. The molecule has 4 heteroatoms. The van der Waals surface area contributed by atoms with Crippen molar-refractivity contribution in [3.8, 4) is 5.75 Å². The van der Waals surface area contributed by atoms with Crippen molar-refractivity contribution >= 4 is 11.6 Å². The van der Waals surface area contributed by atoms with Gasteiger partial charge in [0.15, 0.2) is 0 Å². The molecule has 1 fully saturated rings. The number of anilines is 1. The first-order valence-electron chi connectivity index (χ1n) is 8.24. The van der Waals surface area contributed by atoms with Gasteiger partial charge in [-0.05, 0) is 49.6 Å².